The maximum absolute atomic E-state index is 12.4. The molecule has 0 bridgehead atoms. The maximum atomic E-state index is 12.4. The molecule has 0 spiro atoms. The monoisotopic (exact) mass is 333 g/mol. The Balaban J connectivity index is 1.64. The highest BCUT2D eigenvalue weighted by atomic mass is 32.1. The van der Waals surface area contributed by atoms with Gasteiger partial charge in [0, 0.05) is 30.7 Å². The lowest BCUT2D eigenvalue weighted by atomic mass is 9.98. The normalized spacial score (nSPS) is 18.7. The fourth-order valence-electron chi connectivity index (χ4n) is 2.76. The van der Waals surface area contributed by atoms with Gasteiger partial charge >= 0.3 is 5.97 Å². The highest BCUT2D eigenvalue weighted by Crippen LogP contribution is 2.19. The first-order valence-corrected chi connectivity index (χ1v) is 8.61. The van der Waals surface area contributed by atoms with Crippen molar-refractivity contribution in [2.75, 3.05) is 19.7 Å². The Hall–Kier alpha value is -2.15. The Morgan fingerprint density at radius 1 is 1.52 bits per heavy atom. The Labute approximate surface area is 138 Å². The fraction of sp³-hybridized carbons (Fsp3) is 0.438. The Kier molecular flexibility index (Phi) is 4.76. The van der Waals surface area contributed by atoms with E-state index in [-0.39, 0.29) is 17.8 Å². The summed E-state index contributed by atoms with van der Waals surface area (Å²) in [7, 11) is 0. The molecule has 122 valence electrons. The summed E-state index contributed by atoms with van der Waals surface area (Å²) in [5, 5.41) is 1.95. The van der Waals surface area contributed by atoms with Crippen molar-refractivity contribution >= 4 is 34.3 Å². The molecule has 1 amide bonds. The van der Waals surface area contributed by atoms with Crippen molar-refractivity contribution in [1.29, 1.82) is 0 Å². The maximum Gasteiger partial charge on any atom is 0.310 e. The molecule has 2 aromatic heterocycles. The van der Waals surface area contributed by atoms with Gasteiger partial charge in [0.1, 0.15) is 0 Å². The topological polar surface area (TPSA) is 63.9 Å². The number of thiazole rings is 1. The minimum atomic E-state index is -0.209. The van der Waals surface area contributed by atoms with E-state index in [2.05, 4.69) is 4.98 Å². The average molecular weight is 333 g/mol. The van der Waals surface area contributed by atoms with E-state index in [0.717, 1.165) is 23.5 Å². The van der Waals surface area contributed by atoms with E-state index in [4.69, 9.17) is 4.74 Å². The molecule has 6 nitrogen and oxygen atoms in total. The van der Waals surface area contributed by atoms with Crippen LogP contribution in [0, 0.1) is 5.92 Å². The second-order valence-electron chi connectivity index (χ2n) is 5.45. The number of rotatable bonds is 4. The second-order valence-corrected chi connectivity index (χ2v) is 6.32. The number of ether oxygens (including phenoxy) is 1. The summed E-state index contributed by atoms with van der Waals surface area (Å²) < 4.78 is 7.00. The minimum Gasteiger partial charge on any atom is -0.466 e. The van der Waals surface area contributed by atoms with Crippen LogP contribution in [0.1, 0.15) is 25.5 Å². The van der Waals surface area contributed by atoms with E-state index in [1.165, 1.54) is 0 Å². The van der Waals surface area contributed by atoms with E-state index in [0.29, 0.717) is 19.7 Å². The number of carbonyl (C=O) groups is 2. The van der Waals surface area contributed by atoms with Crippen molar-refractivity contribution in [2.45, 2.75) is 19.8 Å². The van der Waals surface area contributed by atoms with Crippen LogP contribution in [0.5, 0.6) is 0 Å². The Morgan fingerprint density at radius 2 is 2.39 bits per heavy atom. The number of esters is 1. The smallest absolute Gasteiger partial charge is 0.310 e. The van der Waals surface area contributed by atoms with Gasteiger partial charge in [-0.2, -0.15) is 0 Å². The second kappa shape index (κ2) is 6.95. The number of amides is 1. The molecule has 0 radical (unpaired) electrons. The molecule has 1 aliphatic heterocycles. The molecule has 7 heteroatoms. The summed E-state index contributed by atoms with van der Waals surface area (Å²) in [6.45, 7) is 3.28. The van der Waals surface area contributed by atoms with Crippen LogP contribution >= 0.6 is 11.3 Å². The van der Waals surface area contributed by atoms with Gasteiger partial charge in [0.05, 0.1) is 24.4 Å². The van der Waals surface area contributed by atoms with E-state index < -0.39 is 0 Å². The van der Waals surface area contributed by atoms with Crippen molar-refractivity contribution in [1.82, 2.24) is 14.3 Å². The van der Waals surface area contributed by atoms with Crippen molar-refractivity contribution in [3.05, 3.63) is 29.5 Å². The number of imidazole rings is 1. The quantitative estimate of drug-likeness (QED) is 0.636. The lowest BCUT2D eigenvalue weighted by molar-refractivity contribution is -0.150. The molecule has 1 saturated heterocycles. The van der Waals surface area contributed by atoms with Crippen LogP contribution in [0.3, 0.4) is 0 Å². The summed E-state index contributed by atoms with van der Waals surface area (Å²) in [4.78, 5) is 31.1. The number of nitrogens with zero attached hydrogens (tertiary/aromatic N) is 3. The van der Waals surface area contributed by atoms with E-state index in [9.17, 15) is 9.59 Å². The van der Waals surface area contributed by atoms with Gasteiger partial charge in [0.2, 0.25) is 5.91 Å². The zero-order chi connectivity index (χ0) is 16.2. The largest absolute Gasteiger partial charge is 0.466 e. The molecule has 1 aliphatic rings. The van der Waals surface area contributed by atoms with Gasteiger partial charge in [0.25, 0.3) is 0 Å². The number of piperidine rings is 1. The van der Waals surface area contributed by atoms with Gasteiger partial charge in [-0.05, 0) is 25.8 Å². The van der Waals surface area contributed by atoms with Crippen molar-refractivity contribution in [3.8, 4) is 0 Å². The SMILES string of the molecule is CCOC(=O)C1CCCN(C(=O)/C=C/c2cnc3sccn23)C1. The van der Waals surface area contributed by atoms with Crippen LogP contribution in [-0.4, -0.2) is 45.9 Å². The lowest BCUT2D eigenvalue weighted by Gasteiger charge is -2.30. The van der Waals surface area contributed by atoms with Crippen LogP contribution in [0.2, 0.25) is 0 Å². The third-order valence-electron chi connectivity index (χ3n) is 3.92. The van der Waals surface area contributed by atoms with Gasteiger partial charge in [-0.3, -0.25) is 14.0 Å². The van der Waals surface area contributed by atoms with Crippen LogP contribution in [0.25, 0.3) is 11.0 Å². The molecule has 0 aromatic carbocycles. The Morgan fingerprint density at radius 3 is 3.22 bits per heavy atom. The van der Waals surface area contributed by atoms with E-state index in [1.807, 2.05) is 16.0 Å². The third-order valence-corrected chi connectivity index (χ3v) is 4.70. The van der Waals surface area contributed by atoms with E-state index >= 15 is 0 Å². The molecule has 2 aromatic rings. The summed E-state index contributed by atoms with van der Waals surface area (Å²) in [5.74, 6) is -0.492. The minimum absolute atomic E-state index is 0.0795. The molecule has 3 rings (SSSR count). The molecule has 0 aliphatic carbocycles. The zero-order valence-corrected chi connectivity index (χ0v) is 13.8. The highest BCUT2D eigenvalue weighted by Gasteiger charge is 2.28. The number of carbonyl (C=O) groups excluding carboxylic acids is 2. The van der Waals surface area contributed by atoms with Crippen LogP contribution < -0.4 is 0 Å². The number of hydrogen-bond acceptors (Lipinski definition) is 5. The molecular formula is C16H19N3O3S. The standard InChI is InChI=1S/C16H19N3O3S/c1-2-22-15(21)12-4-3-7-18(11-12)14(20)6-5-13-10-17-16-19(13)8-9-23-16/h5-6,8-10,12H,2-4,7,11H2,1H3/b6-5+. The first-order valence-electron chi connectivity index (χ1n) is 7.73. The van der Waals surface area contributed by atoms with Crippen molar-refractivity contribution in [3.63, 3.8) is 0 Å². The summed E-state index contributed by atoms with van der Waals surface area (Å²) in [6, 6.07) is 0. The van der Waals surface area contributed by atoms with Crippen molar-refractivity contribution < 1.29 is 14.3 Å². The highest BCUT2D eigenvalue weighted by molar-refractivity contribution is 7.15. The average Bonchev–Trinajstić information content (AvgIpc) is 3.17. The number of aromatic nitrogens is 2. The fourth-order valence-corrected chi connectivity index (χ4v) is 3.46. The molecule has 0 N–H and O–H groups in total. The van der Waals surface area contributed by atoms with Gasteiger partial charge < -0.3 is 9.64 Å². The molecule has 1 fully saturated rings. The number of likely N-dealkylation sites (tertiary alicyclic amines) is 1. The van der Waals surface area contributed by atoms with Gasteiger partial charge in [-0.15, -0.1) is 11.3 Å². The van der Waals surface area contributed by atoms with E-state index in [1.54, 1.807) is 41.5 Å². The van der Waals surface area contributed by atoms with Crippen LogP contribution in [0.4, 0.5) is 0 Å². The molecule has 1 atom stereocenters. The van der Waals surface area contributed by atoms with Crippen LogP contribution in [-0.2, 0) is 14.3 Å². The molecule has 0 saturated carbocycles. The lowest BCUT2D eigenvalue weighted by Crippen LogP contribution is -2.42. The third kappa shape index (κ3) is 3.44. The van der Waals surface area contributed by atoms with Crippen LogP contribution in [0.15, 0.2) is 23.8 Å². The van der Waals surface area contributed by atoms with Crippen molar-refractivity contribution in [2.24, 2.45) is 5.92 Å². The predicted molar refractivity (Wildman–Crippen MR) is 88.0 cm³/mol. The summed E-state index contributed by atoms with van der Waals surface area (Å²) in [5.41, 5.74) is 0.869. The molecule has 3 heterocycles. The first-order chi connectivity index (χ1) is 11.2. The van der Waals surface area contributed by atoms with Gasteiger partial charge in [-0.1, -0.05) is 0 Å². The summed E-state index contributed by atoms with van der Waals surface area (Å²) >= 11 is 1.55. The molecular weight excluding hydrogens is 314 g/mol. The molecule has 1 unspecified atom stereocenters. The molecule has 23 heavy (non-hydrogen) atoms. The zero-order valence-electron chi connectivity index (χ0n) is 13.0. The van der Waals surface area contributed by atoms with Gasteiger partial charge in [-0.25, -0.2) is 4.98 Å². The first kappa shape index (κ1) is 15.7. The predicted octanol–water partition coefficient (Wildman–Crippen LogP) is 2.21. The number of fused-ring (bicyclic) bond motifs is 1. The number of hydrogen-bond donors (Lipinski definition) is 0. The van der Waals surface area contributed by atoms with Gasteiger partial charge in [0.15, 0.2) is 4.96 Å². The summed E-state index contributed by atoms with van der Waals surface area (Å²) in [6.07, 6.45) is 8.59. The Bertz CT molecular complexity index is 734.